The minimum atomic E-state index is -0.264. The molecule has 3 nitrogen and oxygen atoms in total. The minimum absolute atomic E-state index is 0.0422. The van der Waals surface area contributed by atoms with E-state index >= 15 is 0 Å². The Morgan fingerprint density at radius 3 is 2.71 bits per heavy atom. The molecule has 1 heterocycles. The summed E-state index contributed by atoms with van der Waals surface area (Å²) in [7, 11) is 0. The largest absolute Gasteiger partial charge is 0.506 e. The predicted molar refractivity (Wildman–Crippen MR) is 80.1 cm³/mol. The van der Waals surface area contributed by atoms with Crippen LogP contribution in [-0.2, 0) is 0 Å². The van der Waals surface area contributed by atoms with Gasteiger partial charge in [-0.2, -0.15) is 0 Å². The maximum absolute atomic E-state index is 13.5. The first-order valence-corrected chi connectivity index (χ1v) is 7.17. The Morgan fingerprint density at radius 2 is 2.00 bits per heavy atom. The lowest BCUT2D eigenvalue weighted by Crippen LogP contribution is -1.97. The summed E-state index contributed by atoms with van der Waals surface area (Å²) in [6.45, 7) is 0. The number of phenols is 1. The van der Waals surface area contributed by atoms with Crippen LogP contribution in [0.15, 0.2) is 36.4 Å². The molecule has 0 aliphatic heterocycles. The quantitative estimate of drug-likeness (QED) is 0.755. The van der Waals surface area contributed by atoms with Crippen LogP contribution < -0.4 is 0 Å². The summed E-state index contributed by atoms with van der Waals surface area (Å²) < 4.78 is 15.6. The van der Waals surface area contributed by atoms with E-state index in [4.69, 9.17) is 11.6 Å². The first-order valence-electron chi connectivity index (χ1n) is 6.80. The number of rotatable bonds is 2. The monoisotopic (exact) mass is 302 g/mol. The minimum Gasteiger partial charge on any atom is -0.506 e. The van der Waals surface area contributed by atoms with Gasteiger partial charge in [0.05, 0.1) is 16.1 Å². The van der Waals surface area contributed by atoms with Crippen LogP contribution in [0.1, 0.15) is 18.9 Å². The second-order valence-corrected chi connectivity index (χ2v) is 5.74. The molecule has 0 bridgehead atoms. The van der Waals surface area contributed by atoms with Crippen molar-refractivity contribution < 1.29 is 9.50 Å². The molecule has 5 heteroatoms. The summed E-state index contributed by atoms with van der Waals surface area (Å²) in [5, 5.41) is 9.83. The Labute approximate surface area is 125 Å². The van der Waals surface area contributed by atoms with Crippen molar-refractivity contribution in [3.8, 4) is 17.1 Å². The van der Waals surface area contributed by atoms with Crippen LogP contribution in [0.3, 0.4) is 0 Å². The molecule has 0 saturated heterocycles. The fraction of sp³-hybridized carbons (Fsp3) is 0.188. The van der Waals surface area contributed by atoms with Gasteiger partial charge in [0.15, 0.2) is 0 Å². The maximum Gasteiger partial charge on any atom is 0.141 e. The van der Waals surface area contributed by atoms with E-state index in [1.165, 1.54) is 12.1 Å². The van der Waals surface area contributed by atoms with E-state index in [-0.39, 0.29) is 16.6 Å². The Kier molecular flexibility index (Phi) is 2.69. The van der Waals surface area contributed by atoms with Gasteiger partial charge in [0.2, 0.25) is 0 Å². The Hall–Kier alpha value is -2.07. The molecular formula is C16H12ClFN2O. The van der Waals surface area contributed by atoms with Crippen LogP contribution in [0.5, 0.6) is 5.75 Å². The van der Waals surface area contributed by atoms with Crippen LogP contribution in [0.4, 0.5) is 4.39 Å². The summed E-state index contributed by atoms with van der Waals surface area (Å²) in [5.41, 5.74) is 2.39. The van der Waals surface area contributed by atoms with Crippen molar-refractivity contribution >= 4 is 22.6 Å². The van der Waals surface area contributed by atoms with Crippen molar-refractivity contribution in [1.29, 1.82) is 0 Å². The zero-order valence-corrected chi connectivity index (χ0v) is 11.8. The third kappa shape index (κ3) is 2.07. The van der Waals surface area contributed by atoms with Crippen molar-refractivity contribution in [2.75, 3.05) is 0 Å². The Balaban J connectivity index is 1.99. The van der Waals surface area contributed by atoms with Crippen molar-refractivity contribution in [3.63, 3.8) is 0 Å². The number of imidazole rings is 1. The molecule has 1 aliphatic carbocycles. The molecule has 3 aromatic rings. The smallest absolute Gasteiger partial charge is 0.141 e. The molecule has 1 fully saturated rings. The number of nitrogens with zero attached hydrogens (tertiary/aromatic N) is 2. The summed E-state index contributed by atoms with van der Waals surface area (Å²) in [6.07, 6.45) is 2.14. The average molecular weight is 303 g/mol. The summed E-state index contributed by atoms with van der Waals surface area (Å²) in [6, 6.07) is 10.0. The lowest BCUT2D eigenvalue weighted by Gasteiger charge is -2.08. The summed E-state index contributed by atoms with van der Waals surface area (Å²) >= 11 is 5.99. The van der Waals surface area contributed by atoms with E-state index in [9.17, 15) is 9.50 Å². The first kappa shape index (κ1) is 12.7. The van der Waals surface area contributed by atoms with Gasteiger partial charge in [0.1, 0.15) is 17.4 Å². The number of benzene rings is 2. The molecule has 106 valence electrons. The van der Waals surface area contributed by atoms with Crippen LogP contribution in [0.2, 0.25) is 5.02 Å². The fourth-order valence-corrected chi connectivity index (χ4v) is 2.80. The average Bonchev–Trinajstić information content (AvgIpc) is 3.23. The van der Waals surface area contributed by atoms with Crippen LogP contribution in [0, 0.1) is 5.82 Å². The van der Waals surface area contributed by atoms with Crippen molar-refractivity contribution in [2.45, 2.75) is 18.9 Å². The molecule has 1 aromatic heterocycles. The number of hydrogen-bond acceptors (Lipinski definition) is 2. The van der Waals surface area contributed by atoms with Gasteiger partial charge in [-0.3, -0.25) is 0 Å². The van der Waals surface area contributed by atoms with Gasteiger partial charge in [0, 0.05) is 11.6 Å². The highest BCUT2D eigenvalue weighted by molar-refractivity contribution is 6.32. The van der Waals surface area contributed by atoms with Crippen LogP contribution >= 0.6 is 11.6 Å². The molecule has 0 spiro atoms. The van der Waals surface area contributed by atoms with Crippen molar-refractivity contribution in [1.82, 2.24) is 9.55 Å². The van der Waals surface area contributed by atoms with Crippen LogP contribution in [-0.4, -0.2) is 14.7 Å². The van der Waals surface area contributed by atoms with Crippen molar-refractivity contribution in [3.05, 3.63) is 47.2 Å². The standard InChI is InChI=1S/C16H12ClFN2O/c17-12-7-9(1-6-15(12)21)16-19-13-5-2-10(18)8-14(13)20(16)11-3-4-11/h1-2,5-8,11,21H,3-4H2. The third-order valence-electron chi connectivity index (χ3n) is 3.77. The van der Waals surface area contributed by atoms with E-state index in [0.717, 1.165) is 35.3 Å². The molecule has 0 atom stereocenters. The SMILES string of the molecule is Oc1ccc(-c2nc3ccc(F)cc3n2C2CC2)cc1Cl. The molecule has 4 rings (SSSR count). The number of halogens is 2. The fourth-order valence-electron chi connectivity index (χ4n) is 2.62. The van der Waals surface area contributed by atoms with Gasteiger partial charge in [-0.25, -0.2) is 9.37 Å². The topological polar surface area (TPSA) is 38.1 Å². The number of aromatic hydroxyl groups is 1. The zero-order valence-electron chi connectivity index (χ0n) is 11.1. The number of fused-ring (bicyclic) bond motifs is 1. The van der Waals surface area contributed by atoms with E-state index in [1.54, 1.807) is 24.3 Å². The van der Waals surface area contributed by atoms with E-state index in [2.05, 4.69) is 9.55 Å². The van der Waals surface area contributed by atoms with Gasteiger partial charge in [-0.1, -0.05) is 11.6 Å². The first-order chi connectivity index (χ1) is 10.1. The van der Waals surface area contributed by atoms with E-state index in [0.29, 0.717) is 6.04 Å². The number of hydrogen-bond donors (Lipinski definition) is 1. The van der Waals surface area contributed by atoms with E-state index in [1.807, 2.05) is 0 Å². The Morgan fingerprint density at radius 1 is 1.19 bits per heavy atom. The van der Waals surface area contributed by atoms with E-state index < -0.39 is 0 Å². The molecule has 2 aromatic carbocycles. The number of aromatic nitrogens is 2. The lowest BCUT2D eigenvalue weighted by atomic mass is 10.2. The van der Waals surface area contributed by atoms with Crippen molar-refractivity contribution in [2.24, 2.45) is 0 Å². The maximum atomic E-state index is 13.5. The van der Waals surface area contributed by atoms with Gasteiger partial charge in [-0.05, 0) is 49.2 Å². The van der Waals surface area contributed by atoms with Gasteiger partial charge >= 0.3 is 0 Å². The molecule has 0 unspecified atom stereocenters. The molecule has 21 heavy (non-hydrogen) atoms. The third-order valence-corrected chi connectivity index (χ3v) is 4.07. The predicted octanol–water partition coefficient (Wildman–Crippen LogP) is 4.54. The molecular weight excluding hydrogens is 291 g/mol. The highest BCUT2D eigenvalue weighted by Crippen LogP contribution is 2.42. The number of phenolic OH excluding ortho intramolecular Hbond substituents is 1. The van der Waals surface area contributed by atoms with Gasteiger partial charge in [0.25, 0.3) is 0 Å². The summed E-state index contributed by atoms with van der Waals surface area (Å²) in [5.74, 6) is 0.542. The van der Waals surface area contributed by atoms with Gasteiger partial charge in [-0.15, -0.1) is 0 Å². The molecule has 1 aliphatic rings. The summed E-state index contributed by atoms with van der Waals surface area (Å²) in [4.78, 5) is 4.61. The second kappa shape index (κ2) is 4.46. The molecule has 1 N–H and O–H groups in total. The lowest BCUT2D eigenvalue weighted by molar-refractivity contribution is 0.475. The van der Waals surface area contributed by atoms with Gasteiger partial charge < -0.3 is 9.67 Å². The van der Waals surface area contributed by atoms with Crippen LogP contribution in [0.25, 0.3) is 22.4 Å². The zero-order chi connectivity index (χ0) is 14.6. The highest BCUT2D eigenvalue weighted by atomic mass is 35.5. The Bertz CT molecular complexity index is 855. The molecule has 0 radical (unpaired) electrons. The highest BCUT2D eigenvalue weighted by Gasteiger charge is 2.29. The molecule has 1 saturated carbocycles. The normalized spacial score (nSPS) is 14.8. The second-order valence-electron chi connectivity index (χ2n) is 5.34. The molecule has 0 amide bonds.